The van der Waals surface area contributed by atoms with Gasteiger partial charge in [0.2, 0.25) is 21.8 Å². The van der Waals surface area contributed by atoms with Crippen LogP contribution in [0.1, 0.15) is 67.7 Å². The molecule has 0 spiro atoms. The highest BCUT2D eigenvalue weighted by molar-refractivity contribution is 7.92. The molecule has 0 unspecified atom stereocenters. The average molecular weight is 528 g/mol. The summed E-state index contributed by atoms with van der Waals surface area (Å²) in [5, 5.41) is 3.17. The molecule has 1 atom stereocenters. The summed E-state index contributed by atoms with van der Waals surface area (Å²) in [6.07, 6.45) is 6.79. The molecule has 0 heterocycles. The number of nitrogens with one attached hydrogen (secondary N) is 1. The van der Waals surface area contributed by atoms with E-state index in [0.717, 1.165) is 58.5 Å². The maximum atomic E-state index is 13.9. The largest absolute Gasteiger partial charge is 0.352 e. The lowest BCUT2D eigenvalue weighted by Gasteiger charge is -2.34. The predicted octanol–water partition coefficient (Wildman–Crippen LogP) is 4.63. The van der Waals surface area contributed by atoms with Gasteiger partial charge in [-0.3, -0.25) is 13.9 Å². The van der Waals surface area contributed by atoms with Gasteiger partial charge in [-0.25, -0.2) is 8.42 Å². The molecule has 1 saturated carbocycles. The maximum Gasteiger partial charge on any atom is 0.244 e. The Morgan fingerprint density at radius 2 is 1.62 bits per heavy atom. The van der Waals surface area contributed by atoms with Crippen molar-refractivity contribution >= 4 is 27.5 Å². The molecule has 8 heteroatoms. The fourth-order valence-electron chi connectivity index (χ4n) is 5.18. The number of amides is 2. The SMILES string of the molecule is CC[C@H](C(=O)NC1CCCCC1)N(Cc1cccc(C)c1)C(=O)CN(c1cc(C)cc(C)c1)S(C)(=O)=O. The molecular weight excluding hydrogens is 486 g/mol. The first-order valence-corrected chi connectivity index (χ1v) is 15.0. The van der Waals surface area contributed by atoms with E-state index in [1.54, 1.807) is 17.0 Å². The van der Waals surface area contributed by atoms with Crippen LogP contribution in [0.15, 0.2) is 42.5 Å². The Kier molecular flexibility index (Phi) is 9.76. The summed E-state index contributed by atoms with van der Waals surface area (Å²) in [5.74, 6) is -0.579. The molecule has 0 radical (unpaired) electrons. The number of anilines is 1. The van der Waals surface area contributed by atoms with Crippen LogP contribution in [0.2, 0.25) is 0 Å². The number of rotatable bonds is 10. The summed E-state index contributed by atoms with van der Waals surface area (Å²) in [6.45, 7) is 7.51. The summed E-state index contributed by atoms with van der Waals surface area (Å²) < 4.78 is 26.8. The van der Waals surface area contributed by atoms with E-state index in [-0.39, 0.29) is 25.0 Å². The zero-order chi connectivity index (χ0) is 27.2. The van der Waals surface area contributed by atoms with Crippen LogP contribution in [0.5, 0.6) is 0 Å². The molecule has 1 aliphatic carbocycles. The van der Waals surface area contributed by atoms with Crippen molar-refractivity contribution in [2.75, 3.05) is 17.1 Å². The van der Waals surface area contributed by atoms with Crippen molar-refractivity contribution in [2.45, 2.75) is 84.8 Å². The van der Waals surface area contributed by atoms with E-state index in [9.17, 15) is 18.0 Å². The minimum atomic E-state index is -3.75. The molecule has 1 N–H and O–H groups in total. The number of nitrogens with zero attached hydrogens (tertiary/aromatic N) is 2. The fourth-order valence-corrected chi connectivity index (χ4v) is 6.01. The first-order chi connectivity index (χ1) is 17.5. The highest BCUT2D eigenvalue weighted by Crippen LogP contribution is 2.23. The van der Waals surface area contributed by atoms with Crippen LogP contribution in [-0.2, 0) is 26.2 Å². The number of hydrogen-bond acceptors (Lipinski definition) is 4. The molecular formula is C29H41N3O4S. The van der Waals surface area contributed by atoms with Crippen LogP contribution < -0.4 is 9.62 Å². The highest BCUT2D eigenvalue weighted by atomic mass is 32.2. The molecule has 1 fully saturated rings. The zero-order valence-corrected chi connectivity index (χ0v) is 23.6. The molecule has 2 amide bonds. The van der Waals surface area contributed by atoms with E-state index < -0.39 is 22.0 Å². The Labute approximate surface area is 222 Å². The lowest BCUT2D eigenvalue weighted by atomic mass is 9.95. The molecule has 0 aliphatic heterocycles. The van der Waals surface area contributed by atoms with Crippen molar-refractivity contribution in [3.8, 4) is 0 Å². The van der Waals surface area contributed by atoms with E-state index in [0.29, 0.717) is 12.1 Å². The molecule has 7 nitrogen and oxygen atoms in total. The van der Waals surface area contributed by atoms with Crippen molar-refractivity contribution < 1.29 is 18.0 Å². The van der Waals surface area contributed by atoms with Crippen LogP contribution in [0.3, 0.4) is 0 Å². The number of aryl methyl sites for hydroxylation is 3. The molecule has 37 heavy (non-hydrogen) atoms. The lowest BCUT2D eigenvalue weighted by Crippen LogP contribution is -2.54. The van der Waals surface area contributed by atoms with Gasteiger partial charge in [-0.1, -0.05) is 62.1 Å². The predicted molar refractivity (Wildman–Crippen MR) is 149 cm³/mol. The topological polar surface area (TPSA) is 86.8 Å². The number of carbonyl (C=O) groups is 2. The van der Waals surface area contributed by atoms with Gasteiger partial charge in [0.05, 0.1) is 11.9 Å². The van der Waals surface area contributed by atoms with Crippen molar-refractivity contribution in [2.24, 2.45) is 0 Å². The van der Waals surface area contributed by atoms with E-state index in [1.165, 1.54) is 6.42 Å². The summed E-state index contributed by atoms with van der Waals surface area (Å²) in [5.41, 5.74) is 4.22. The van der Waals surface area contributed by atoms with Gasteiger partial charge >= 0.3 is 0 Å². The van der Waals surface area contributed by atoms with E-state index in [4.69, 9.17) is 0 Å². The molecule has 2 aromatic rings. The number of carbonyl (C=O) groups excluding carboxylic acids is 2. The standard InChI is InChI=1S/C29H41N3O4S/c1-6-27(29(34)30-25-13-8-7-9-14-25)31(19-24-12-10-11-21(2)16-24)28(33)20-32(37(5,35)36)26-17-22(3)15-23(4)18-26/h10-12,15-18,25,27H,6-9,13-14,19-20H2,1-5H3,(H,30,34)/t27-/m1/s1. The van der Waals surface area contributed by atoms with Crippen LogP contribution >= 0.6 is 0 Å². The Bertz CT molecular complexity index is 1190. The smallest absolute Gasteiger partial charge is 0.244 e. The van der Waals surface area contributed by atoms with Crippen molar-refractivity contribution in [3.05, 3.63) is 64.7 Å². The van der Waals surface area contributed by atoms with E-state index in [2.05, 4.69) is 5.32 Å². The second-order valence-electron chi connectivity index (χ2n) is 10.4. The van der Waals surface area contributed by atoms with Gasteiger partial charge in [-0.05, 0) is 68.9 Å². The molecule has 1 aliphatic rings. The number of hydrogen-bond donors (Lipinski definition) is 1. The van der Waals surface area contributed by atoms with Gasteiger partial charge in [0.15, 0.2) is 0 Å². The Morgan fingerprint density at radius 3 is 2.19 bits per heavy atom. The van der Waals surface area contributed by atoms with Crippen molar-refractivity contribution in [1.29, 1.82) is 0 Å². The second kappa shape index (κ2) is 12.6. The zero-order valence-electron chi connectivity index (χ0n) is 22.8. The highest BCUT2D eigenvalue weighted by Gasteiger charge is 2.33. The lowest BCUT2D eigenvalue weighted by molar-refractivity contribution is -0.140. The van der Waals surface area contributed by atoms with Gasteiger partial charge in [-0.15, -0.1) is 0 Å². The fraction of sp³-hybridized carbons (Fsp3) is 0.517. The van der Waals surface area contributed by atoms with Crippen LogP contribution in [0.25, 0.3) is 0 Å². The number of sulfonamides is 1. The number of benzene rings is 2. The van der Waals surface area contributed by atoms with Gasteiger partial charge in [0.25, 0.3) is 0 Å². The third kappa shape index (κ3) is 8.06. The molecule has 202 valence electrons. The Balaban J connectivity index is 1.93. The first kappa shape index (κ1) is 28.7. The van der Waals surface area contributed by atoms with Gasteiger partial charge < -0.3 is 10.2 Å². The maximum absolute atomic E-state index is 13.9. The Morgan fingerprint density at radius 1 is 0.973 bits per heavy atom. The van der Waals surface area contributed by atoms with Crippen LogP contribution in [-0.4, -0.2) is 50.0 Å². The van der Waals surface area contributed by atoms with E-state index in [1.807, 2.05) is 58.0 Å². The molecule has 2 aromatic carbocycles. The monoisotopic (exact) mass is 527 g/mol. The summed E-state index contributed by atoms with van der Waals surface area (Å²) in [7, 11) is -3.75. The normalized spacial score (nSPS) is 15.2. The minimum absolute atomic E-state index is 0.119. The summed E-state index contributed by atoms with van der Waals surface area (Å²) in [6, 6.07) is 12.7. The summed E-state index contributed by atoms with van der Waals surface area (Å²) >= 11 is 0. The minimum Gasteiger partial charge on any atom is -0.352 e. The molecule has 0 saturated heterocycles. The van der Waals surface area contributed by atoms with Gasteiger partial charge in [0.1, 0.15) is 12.6 Å². The molecule has 3 rings (SSSR count). The first-order valence-electron chi connectivity index (χ1n) is 13.2. The Hall–Kier alpha value is -2.87. The quantitative estimate of drug-likeness (QED) is 0.488. The third-order valence-electron chi connectivity index (χ3n) is 6.95. The average Bonchev–Trinajstić information content (AvgIpc) is 2.81. The summed E-state index contributed by atoms with van der Waals surface area (Å²) in [4.78, 5) is 28.9. The van der Waals surface area contributed by atoms with Crippen LogP contribution in [0, 0.1) is 20.8 Å². The van der Waals surface area contributed by atoms with Crippen molar-refractivity contribution in [3.63, 3.8) is 0 Å². The van der Waals surface area contributed by atoms with Gasteiger partial charge in [0, 0.05) is 12.6 Å². The molecule has 0 aromatic heterocycles. The van der Waals surface area contributed by atoms with Crippen molar-refractivity contribution in [1.82, 2.24) is 10.2 Å². The molecule has 0 bridgehead atoms. The van der Waals surface area contributed by atoms with Crippen LogP contribution in [0.4, 0.5) is 5.69 Å². The van der Waals surface area contributed by atoms with Gasteiger partial charge in [-0.2, -0.15) is 0 Å². The third-order valence-corrected chi connectivity index (χ3v) is 8.09. The second-order valence-corrected chi connectivity index (χ2v) is 12.3. The van der Waals surface area contributed by atoms with E-state index >= 15 is 0 Å².